The van der Waals surface area contributed by atoms with Crippen LogP contribution in [-0.2, 0) is 20.1 Å². The van der Waals surface area contributed by atoms with Gasteiger partial charge in [-0.1, -0.05) is 169 Å². The van der Waals surface area contributed by atoms with Crippen LogP contribution in [0, 0.1) is 77.2 Å². The molecule has 0 amide bonds. The number of benzene rings is 15. The maximum absolute atomic E-state index is 13.7. The van der Waals surface area contributed by atoms with E-state index in [9.17, 15) is 13.2 Å². The van der Waals surface area contributed by atoms with Crippen LogP contribution < -0.4 is 0 Å². The van der Waals surface area contributed by atoms with Crippen LogP contribution in [0.4, 0.5) is 13.2 Å². The summed E-state index contributed by atoms with van der Waals surface area (Å²) in [6.07, 6.45) is 5.65. The van der Waals surface area contributed by atoms with Gasteiger partial charge in [-0.3, -0.25) is 0 Å². The van der Waals surface area contributed by atoms with Crippen LogP contribution in [0.1, 0.15) is 33.4 Å². The first-order valence-corrected chi connectivity index (χ1v) is 31.3. The van der Waals surface area contributed by atoms with Crippen molar-refractivity contribution < 1.29 is 33.3 Å². The molecule has 453 valence electrons. The van der Waals surface area contributed by atoms with Gasteiger partial charge in [0.2, 0.25) is 0 Å². The molecule has 3 heterocycles. The van der Waals surface area contributed by atoms with Crippen molar-refractivity contribution in [2.45, 2.75) is 41.5 Å². The Hall–Kier alpha value is -10.7. The normalized spacial score (nSPS) is 11.6. The first kappa shape index (κ1) is 59.6. The number of fused-ring (bicyclic) bond motifs is 21. The molecule has 7 heteroatoms. The topological polar surface area (TPSA) is 38.7 Å². The van der Waals surface area contributed by atoms with Crippen molar-refractivity contribution in [3.63, 3.8) is 0 Å². The van der Waals surface area contributed by atoms with Crippen molar-refractivity contribution in [1.82, 2.24) is 15.0 Å². The van der Waals surface area contributed by atoms with Crippen LogP contribution >= 0.6 is 0 Å². The number of halogens is 3. The molecule has 0 unspecified atom stereocenters. The fourth-order valence-corrected chi connectivity index (χ4v) is 14.5. The number of pyridine rings is 3. The molecule has 0 aliphatic carbocycles. The molecule has 3 nitrogen and oxygen atoms in total. The molecule has 15 aromatic carbocycles. The van der Waals surface area contributed by atoms with Gasteiger partial charge >= 0.3 is 0 Å². The maximum Gasteiger partial charge on any atom is 0.123 e. The monoisotopic (exact) mass is 1390 g/mol. The average Bonchev–Trinajstić information content (AvgIpc) is 0.763. The molecule has 0 bridgehead atoms. The van der Waals surface area contributed by atoms with Crippen LogP contribution in [-0.4, -0.2) is 15.0 Å². The number of hydrogen-bond donors (Lipinski definition) is 0. The third kappa shape index (κ3) is 10.5. The fourth-order valence-electron chi connectivity index (χ4n) is 14.5. The Morgan fingerprint density at radius 3 is 0.670 bits per heavy atom. The summed E-state index contributed by atoms with van der Waals surface area (Å²) >= 11 is 0. The minimum atomic E-state index is -0.207. The van der Waals surface area contributed by atoms with Crippen molar-refractivity contribution in [3.05, 3.63) is 306 Å². The Morgan fingerprint density at radius 1 is 0.223 bits per heavy atom. The summed E-state index contributed by atoms with van der Waals surface area (Å²) in [6, 6.07) is 82.9. The summed E-state index contributed by atoms with van der Waals surface area (Å²) in [5, 5.41) is 27.0. The molecule has 0 saturated carbocycles. The van der Waals surface area contributed by atoms with Crippen molar-refractivity contribution in [3.8, 4) is 33.8 Å². The Labute approximate surface area is 555 Å². The third-order valence-corrected chi connectivity index (χ3v) is 18.4. The van der Waals surface area contributed by atoms with Crippen LogP contribution in [0.5, 0.6) is 0 Å². The van der Waals surface area contributed by atoms with Crippen molar-refractivity contribution in [1.29, 1.82) is 0 Å². The van der Waals surface area contributed by atoms with E-state index in [-0.39, 0.29) is 37.6 Å². The zero-order chi connectivity index (χ0) is 63.3. The van der Waals surface area contributed by atoms with E-state index in [2.05, 4.69) is 205 Å². The molecule has 1 radical (unpaired) electrons. The molecule has 94 heavy (non-hydrogen) atoms. The van der Waals surface area contributed by atoms with Crippen molar-refractivity contribution in [2.24, 2.45) is 0 Å². The smallest absolute Gasteiger partial charge is 0.123 e. The second-order valence-electron chi connectivity index (χ2n) is 24.8. The van der Waals surface area contributed by atoms with Gasteiger partial charge in [-0.05, 0) is 201 Å². The van der Waals surface area contributed by atoms with E-state index in [1.807, 2.05) is 55.0 Å². The van der Waals surface area contributed by atoms with E-state index in [0.717, 1.165) is 115 Å². The Bertz CT molecular complexity index is 5540. The molecule has 0 fully saturated rings. The van der Waals surface area contributed by atoms with E-state index in [1.54, 1.807) is 18.2 Å². The number of hydrogen-bond acceptors (Lipinski definition) is 3. The summed E-state index contributed by atoms with van der Waals surface area (Å²) in [7, 11) is 0. The van der Waals surface area contributed by atoms with E-state index in [1.165, 1.54) is 99.5 Å². The first-order valence-electron chi connectivity index (χ1n) is 31.3. The van der Waals surface area contributed by atoms with Crippen molar-refractivity contribution in [2.75, 3.05) is 0 Å². The molecule has 18 rings (SSSR count). The second kappa shape index (κ2) is 23.8. The summed E-state index contributed by atoms with van der Waals surface area (Å²) in [4.78, 5) is 14.1. The predicted octanol–water partition coefficient (Wildman–Crippen LogP) is 23.8. The first-order chi connectivity index (χ1) is 45.2. The second-order valence-corrected chi connectivity index (χ2v) is 24.8. The van der Waals surface area contributed by atoms with Crippen LogP contribution in [0.2, 0.25) is 0 Å². The standard InChI is InChI=1S/3C29H19FN.Ir/c3*1-17-13-18(2)15-20(14-17)29-28-10-9-25-24-5-3-19-16-21(30)4-6-22(19)23(24)7-8-26(25)27(28)11-12-31-29;/h3*3-14,16H,1-2H3;/q3*-1;. The van der Waals surface area contributed by atoms with Gasteiger partial charge in [0.15, 0.2) is 0 Å². The van der Waals surface area contributed by atoms with E-state index in [0.29, 0.717) is 0 Å². The van der Waals surface area contributed by atoms with Crippen molar-refractivity contribution >= 4 is 129 Å². The number of rotatable bonds is 3. The SMILES string of the molecule is Cc1[c-]c(-c2nccc3c2ccc2c3ccc3c4ccc(F)cc4ccc32)cc(C)c1.Cc1[c-]c(-c2nccc3c2ccc2c3ccc3c4ccc(F)cc4ccc32)cc(C)c1.Cc1[c-]c(-c2nccc3c2ccc2c3ccc3c4ccc(F)cc4ccc32)cc(C)c1.[Ir]. The molecule has 3 aromatic heterocycles. The summed E-state index contributed by atoms with van der Waals surface area (Å²) in [5.74, 6) is -0.620. The zero-order valence-corrected chi connectivity index (χ0v) is 54.7. The van der Waals surface area contributed by atoms with E-state index < -0.39 is 0 Å². The van der Waals surface area contributed by atoms with E-state index >= 15 is 0 Å². The van der Waals surface area contributed by atoms with Crippen LogP contribution in [0.3, 0.4) is 0 Å². The number of nitrogens with zero attached hydrogens (tertiary/aromatic N) is 3. The Balaban J connectivity index is 0.000000116. The van der Waals surface area contributed by atoms with Gasteiger partial charge in [-0.15, -0.1) is 105 Å². The minimum Gasteiger partial charge on any atom is -0.304 e. The molecule has 0 aliphatic heterocycles. The summed E-state index contributed by atoms with van der Waals surface area (Å²) in [6.45, 7) is 12.5. The summed E-state index contributed by atoms with van der Waals surface area (Å²) < 4.78 is 41.1. The third-order valence-electron chi connectivity index (χ3n) is 18.4. The molecule has 0 aliphatic rings. The summed E-state index contributed by atoms with van der Waals surface area (Å²) in [5.41, 5.74) is 12.9. The maximum atomic E-state index is 13.7. The Kier molecular flexibility index (Phi) is 15.1. The van der Waals surface area contributed by atoms with Gasteiger partial charge in [0.25, 0.3) is 0 Å². The number of aryl methyl sites for hydroxylation is 6. The Morgan fingerprint density at radius 2 is 0.426 bits per heavy atom. The van der Waals surface area contributed by atoms with Gasteiger partial charge < -0.3 is 15.0 Å². The molecule has 0 N–H and O–H groups in total. The number of aromatic nitrogens is 3. The van der Waals surface area contributed by atoms with E-state index in [4.69, 9.17) is 15.0 Å². The fraction of sp³-hybridized carbons (Fsp3) is 0.0690. The molecule has 18 aromatic rings. The van der Waals surface area contributed by atoms with Gasteiger partial charge in [0.05, 0.1) is 0 Å². The molecular formula is C87H57F3IrN3-3. The minimum absolute atomic E-state index is 0. The zero-order valence-electron chi connectivity index (χ0n) is 52.3. The molecule has 0 spiro atoms. The molecule has 0 saturated heterocycles. The predicted molar refractivity (Wildman–Crippen MR) is 384 cm³/mol. The van der Waals surface area contributed by atoms with Crippen LogP contribution in [0.15, 0.2) is 237 Å². The average molecular weight is 1390 g/mol. The molecule has 0 atom stereocenters. The van der Waals surface area contributed by atoms with Crippen LogP contribution in [0.25, 0.3) is 163 Å². The van der Waals surface area contributed by atoms with Gasteiger partial charge in [0.1, 0.15) is 17.5 Å². The van der Waals surface area contributed by atoms with Gasteiger partial charge in [-0.25, -0.2) is 13.2 Å². The quantitative estimate of drug-likeness (QED) is 0.131. The van der Waals surface area contributed by atoms with Gasteiger partial charge in [-0.2, -0.15) is 0 Å². The van der Waals surface area contributed by atoms with Gasteiger partial charge in [0, 0.05) is 38.7 Å². The largest absolute Gasteiger partial charge is 0.304 e. The molecular weight excluding hydrogens is 1340 g/mol.